The number of hydrogen-bond acceptors (Lipinski definition) is 6. The summed E-state index contributed by atoms with van der Waals surface area (Å²) in [5.41, 5.74) is 1.05. The molecule has 1 aromatic carbocycles. The van der Waals surface area contributed by atoms with Crippen molar-refractivity contribution in [2.75, 3.05) is 29.9 Å². The second-order valence-corrected chi connectivity index (χ2v) is 4.25. The summed E-state index contributed by atoms with van der Waals surface area (Å²) in [6, 6.07) is 10.0. The van der Waals surface area contributed by atoms with E-state index >= 15 is 0 Å². The minimum atomic E-state index is -0.0621. The molecular formula is C13H15N5O. The van der Waals surface area contributed by atoms with Crippen molar-refractivity contribution in [2.45, 2.75) is 6.23 Å². The van der Waals surface area contributed by atoms with E-state index in [1.807, 2.05) is 30.3 Å². The molecule has 1 aliphatic heterocycles. The zero-order valence-corrected chi connectivity index (χ0v) is 10.4. The molecule has 0 saturated carbocycles. The molecule has 6 nitrogen and oxygen atoms in total. The van der Waals surface area contributed by atoms with Gasteiger partial charge in [0.05, 0.1) is 13.2 Å². The van der Waals surface area contributed by atoms with Crippen LogP contribution in [0.3, 0.4) is 0 Å². The Balaban J connectivity index is 1.65. The van der Waals surface area contributed by atoms with Gasteiger partial charge in [0.2, 0.25) is 5.95 Å². The number of aromatic nitrogens is 3. The maximum Gasteiger partial charge on any atom is 0.228 e. The Morgan fingerprint density at radius 2 is 1.95 bits per heavy atom. The second-order valence-electron chi connectivity index (χ2n) is 4.25. The van der Waals surface area contributed by atoms with E-state index in [4.69, 9.17) is 4.74 Å². The highest BCUT2D eigenvalue weighted by atomic mass is 16.5. The number of benzene rings is 1. The Morgan fingerprint density at radius 3 is 2.74 bits per heavy atom. The van der Waals surface area contributed by atoms with Crippen molar-refractivity contribution >= 4 is 11.6 Å². The van der Waals surface area contributed by atoms with Gasteiger partial charge in [-0.25, -0.2) is 15.0 Å². The Labute approximate surface area is 111 Å². The number of hydrogen-bond donors (Lipinski definition) is 1. The van der Waals surface area contributed by atoms with Gasteiger partial charge in [0, 0.05) is 12.2 Å². The van der Waals surface area contributed by atoms with Gasteiger partial charge in [-0.3, -0.25) is 0 Å². The van der Waals surface area contributed by atoms with Crippen molar-refractivity contribution in [1.29, 1.82) is 0 Å². The molecule has 0 radical (unpaired) electrons. The SMILES string of the molecule is c1ccc(NC2CN(c3ncncn3)CCO2)cc1. The standard InChI is InChI=1S/C13H15N5O/c1-2-4-11(5-3-1)17-12-8-18(6-7-19-12)13-15-9-14-10-16-13/h1-5,9-10,12,17H,6-8H2. The van der Waals surface area contributed by atoms with E-state index in [1.165, 1.54) is 12.7 Å². The molecule has 3 rings (SSSR count). The van der Waals surface area contributed by atoms with Crippen LogP contribution in [0.15, 0.2) is 43.0 Å². The lowest BCUT2D eigenvalue weighted by Gasteiger charge is -2.33. The molecule has 0 bridgehead atoms. The van der Waals surface area contributed by atoms with Crippen LogP contribution in [0.25, 0.3) is 0 Å². The Hall–Kier alpha value is -2.21. The summed E-state index contributed by atoms with van der Waals surface area (Å²) in [6.07, 6.45) is 2.96. The minimum Gasteiger partial charge on any atom is -0.359 e. The molecule has 0 aliphatic carbocycles. The third-order valence-electron chi connectivity index (χ3n) is 2.93. The molecular weight excluding hydrogens is 242 g/mol. The predicted molar refractivity (Wildman–Crippen MR) is 71.8 cm³/mol. The largest absolute Gasteiger partial charge is 0.359 e. The topological polar surface area (TPSA) is 63.2 Å². The molecule has 1 atom stereocenters. The van der Waals surface area contributed by atoms with Gasteiger partial charge in [0.1, 0.15) is 18.9 Å². The first-order chi connectivity index (χ1) is 9.42. The van der Waals surface area contributed by atoms with Gasteiger partial charge < -0.3 is 15.0 Å². The number of anilines is 2. The van der Waals surface area contributed by atoms with Gasteiger partial charge in [-0.15, -0.1) is 0 Å². The molecule has 1 aliphatic rings. The monoisotopic (exact) mass is 257 g/mol. The van der Waals surface area contributed by atoms with Crippen molar-refractivity contribution in [3.05, 3.63) is 43.0 Å². The molecule has 98 valence electrons. The van der Waals surface area contributed by atoms with Crippen LogP contribution in [0.5, 0.6) is 0 Å². The molecule has 1 N–H and O–H groups in total. The predicted octanol–water partition coefficient (Wildman–Crippen LogP) is 1.15. The van der Waals surface area contributed by atoms with E-state index < -0.39 is 0 Å². The number of ether oxygens (including phenoxy) is 1. The fourth-order valence-corrected chi connectivity index (χ4v) is 2.03. The van der Waals surface area contributed by atoms with Crippen LogP contribution in [-0.4, -0.2) is 40.9 Å². The minimum absolute atomic E-state index is 0.0621. The molecule has 1 fully saturated rings. The smallest absolute Gasteiger partial charge is 0.228 e. The molecule has 1 unspecified atom stereocenters. The average Bonchev–Trinajstić information content (AvgIpc) is 2.49. The third kappa shape index (κ3) is 2.97. The zero-order valence-electron chi connectivity index (χ0n) is 10.4. The first-order valence-electron chi connectivity index (χ1n) is 6.22. The lowest BCUT2D eigenvalue weighted by atomic mass is 10.3. The van der Waals surface area contributed by atoms with E-state index in [1.54, 1.807) is 0 Å². The van der Waals surface area contributed by atoms with Crippen LogP contribution in [0.2, 0.25) is 0 Å². The molecule has 1 aromatic heterocycles. The highest BCUT2D eigenvalue weighted by molar-refractivity contribution is 5.43. The Morgan fingerprint density at radius 1 is 1.16 bits per heavy atom. The van der Waals surface area contributed by atoms with E-state index in [9.17, 15) is 0 Å². The number of nitrogens with one attached hydrogen (secondary N) is 1. The molecule has 2 aromatic rings. The number of para-hydroxylation sites is 1. The first-order valence-corrected chi connectivity index (χ1v) is 6.22. The normalized spacial score (nSPS) is 19.2. The summed E-state index contributed by atoms with van der Waals surface area (Å²) in [5.74, 6) is 0.693. The van der Waals surface area contributed by atoms with Gasteiger partial charge >= 0.3 is 0 Å². The number of rotatable bonds is 3. The van der Waals surface area contributed by atoms with Crippen LogP contribution >= 0.6 is 0 Å². The first kappa shape index (κ1) is 11.9. The third-order valence-corrected chi connectivity index (χ3v) is 2.93. The summed E-state index contributed by atoms with van der Waals surface area (Å²) < 4.78 is 5.71. The number of nitrogens with zero attached hydrogens (tertiary/aromatic N) is 4. The van der Waals surface area contributed by atoms with Crippen LogP contribution < -0.4 is 10.2 Å². The van der Waals surface area contributed by atoms with Crippen LogP contribution in [-0.2, 0) is 4.74 Å². The van der Waals surface area contributed by atoms with Crippen molar-refractivity contribution in [3.63, 3.8) is 0 Å². The zero-order chi connectivity index (χ0) is 12.9. The summed E-state index contributed by atoms with van der Waals surface area (Å²) in [6.45, 7) is 2.14. The van der Waals surface area contributed by atoms with E-state index in [0.29, 0.717) is 19.1 Å². The summed E-state index contributed by atoms with van der Waals surface area (Å²) in [7, 11) is 0. The van der Waals surface area contributed by atoms with E-state index in [2.05, 4.69) is 25.2 Å². The second kappa shape index (κ2) is 5.62. The van der Waals surface area contributed by atoms with Crippen molar-refractivity contribution in [1.82, 2.24) is 15.0 Å². The lowest BCUT2D eigenvalue weighted by Crippen LogP contribution is -2.46. The van der Waals surface area contributed by atoms with Gasteiger partial charge in [0.15, 0.2) is 0 Å². The molecule has 0 spiro atoms. The molecule has 2 heterocycles. The molecule has 19 heavy (non-hydrogen) atoms. The average molecular weight is 257 g/mol. The van der Waals surface area contributed by atoms with Gasteiger partial charge in [0.25, 0.3) is 0 Å². The summed E-state index contributed by atoms with van der Waals surface area (Å²) in [4.78, 5) is 14.2. The molecule has 1 saturated heterocycles. The summed E-state index contributed by atoms with van der Waals surface area (Å²) in [5, 5.41) is 3.35. The van der Waals surface area contributed by atoms with Gasteiger partial charge in [-0.1, -0.05) is 18.2 Å². The summed E-state index contributed by atoms with van der Waals surface area (Å²) >= 11 is 0. The quantitative estimate of drug-likeness (QED) is 0.890. The fourth-order valence-electron chi connectivity index (χ4n) is 2.03. The lowest BCUT2D eigenvalue weighted by molar-refractivity contribution is 0.0585. The van der Waals surface area contributed by atoms with Crippen LogP contribution in [0.1, 0.15) is 0 Å². The highest BCUT2D eigenvalue weighted by Gasteiger charge is 2.21. The van der Waals surface area contributed by atoms with Gasteiger partial charge in [-0.05, 0) is 12.1 Å². The Bertz CT molecular complexity index is 507. The van der Waals surface area contributed by atoms with Crippen LogP contribution in [0, 0.1) is 0 Å². The Kier molecular flexibility index (Phi) is 3.51. The van der Waals surface area contributed by atoms with Crippen LogP contribution in [0.4, 0.5) is 11.6 Å². The highest BCUT2D eigenvalue weighted by Crippen LogP contribution is 2.14. The van der Waals surface area contributed by atoms with E-state index in [-0.39, 0.29) is 6.23 Å². The van der Waals surface area contributed by atoms with Crippen molar-refractivity contribution in [3.8, 4) is 0 Å². The maximum absolute atomic E-state index is 5.71. The fraction of sp³-hybridized carbons (Fsp3) is 0.308. The van der Waals surface area contributed by atoms with Crippen molar-refractivity contribution < 1.29 is 4.74 Å². The van der Waals surface area contributed by atoms with Gasteiger partial charge in [-0.2, -0.15) is 0 Å². The maximum atomic E-state index is 5.71. The van der Waals surface area contributed by atoms with Crippen molar-refractivity contribution in [2.24, 2.45) is 0 Å². The number of morpholine rings is 1. The molecule has 0 amide bonds. The van der Waals surface area contributed by atoms with E-state index in [0.717, 1.165) is 12.2 Å². The molecule has 6 heteroatoms.